The summed E-state index contributed by atoms with van der Waals surface area (Å²) in [5.41, 5.74) is 7.42. The summed E-state index contributed by atoms with van der Waals surface area (Å²) < 4.78 is 37.4. The molecule has 0 atom stereocenters. The molecule has 0 saturated carbocycles. The number of rotatable bonds is 54. The van der Waals surface area contributed by atoms with Gasteiger partial charge in [-0.1, -0.05) is 312 Å². The lowest BCUT2D eigenvalue weighted by Gasteiger charge is -2.24. The average Bonchev–Trinajstić information content (AvgIpc) is 3.56. The van der Waals surface area contributed by atoms with Crippen LogP contribution in [0.4, 0.5) is 0 Å². The molecule has 476 valence electrons. The predicted molar refractivity (Wildman–Crippen MR) is 366 cm³/mol. The van der Waals surface area contributed by atoms with Gasteiger partial charge < -0.3 is 13.6 Å². The number of hydrogen-bond donors (Lipinski definition) is 0. The molecule has 0 unspecified atom stereocenters. The third-order valence-electron chi connectivity index (χ3n) is 17.4. The number of unbranched alkanes of at least 4 members (excludes halogenated alkanes) is 24. The van der Waals surface area contributed by atoms with E-state index in [1.807, 2.05) is 0 Å². The van der Waals surface area contributed by atoms with Gasteiger partial charge in [-0.05, 0) is 164 Å². The van der Waals surface area contributed by atoms with Crippen molar-refractivity contribution in [2.75, 3.05) is 0 Å². The van der Waals surface area contributed by atoms with Crippen molar-refractivity contribution in [1.82, 2.24) is 0 Å². The topological polar surface area (TPSA) is 44.8 Å². The second kappa shape index (κ2) is 46.4. The molecule has 0 amide bonds. The minimum absolute atomic E-state index is 0.645. The molecule has 3 rings (SSSR count). The van der Waals surface area contributed by atoms with Gasteiger partial charge >= 0.3 is 7.82 Å². The maximum atomic E-state index is 16.3. The van der Waals surface area contributed by atoms with Crippen molar-refractivity contribution in [1.29, 1.82) is 0 Å². The zero-order valence-electron chi connectivity index (χ0n) is 56.9. The van der Waals surface area contributed by atoms with E-state index in [1.165, 1.54) is 229 Å². The van der Waals surface area contributed by atoms with Gasteiger partial charge in [-0.2, -0.15) is 4.57 Å². The zero-order chi connectivity index (χ0) is 60.3. The van der Waals surface area contributed by atoms with Crippen LogP contribution in [0.15, 0.2) is 54.6 Å². The smallest absolute Gasteiger partial charge is 0.386 e. The second-order valence-corrected chi connectivity index (χ2v) is 30.2. The Kier molecular flexibility index (Phi) is 41.7. The molecular formula is C78H135O4P. The highest BCUT2D eigenvalue weighted by Crippen LogP contribution is 2.52. The summed E-state index contributed by atoms with van der Waals surface area (Å²) in [5.74, 6) is 6.56. The average molecular weight is 1170 g/mol. The molecule has 83 heavy (non-hydrogen) atoms. The highest BCUT2D eigenvalue weighted by molar-refractivity contribution is 7.49. The van der Waals surface area contributed by atoms with Crippen molar-refractivity contribution in [2.45, 2.75) is 353 Å². The Bertz CT molecular complexity index is 1850. The normalized spacial score (nSPS) is 12.2. The van der Waals surface area contributed by atoms with E-state index >= 15 is 4.57 Å². The molecule has 0 aliphatic rings. The van der Waals surface area contributed by atoms with Gasteiger partial charge in [0.15, 0.2) is 0 Å². The van der Waals surface area contributed by atoms with Gasteiger partial charge in [0.2, 0.25) is 0 Å². The highest BCUT2D eigenvalue weighted by Gasteiger charge is 2.36. The van der Waals surface area contributed by atoms with Crippen molar-refractivity contribution < 1.29 is 18.1 Å². The van der Waals surface area contributed by atoms with Gasteiger partial charge in [-0.25, -0.2) is 0 Å². The van der Waals surface area contributed by atoms with Crippen LogP contribution < -0.4 is 13.6 Å². The Morgan fingerprint density at radius 1 is 0.253 bits per heavy atom. The van der Waals surface area contributed by atoms with Gasteiger partial charge in [-0.15, -0.1) is 0 Å². The number of phosphoric ester groups is 1. The molecule has 3 aromatic carbocycles. The molecule has 0 aromatic heterocycles. The Morgan fingerprint density at radius 3 is 0.639 bits per heavy atom. The summed E-state index contributed by atoms with van der Waals surface area (Å²) in [6.45, 7) is 28.1. The Balaban J connectivity index is 2.07. The fraction of sp³-hybridized carbons (Fsp3) is 0.769. The Labute approximate surface area is 516 Å². The predicted octanol–water partition coefficient (Wildman–Crippen LogP) is 26.6. The molecule has 0 N–H and O–H groups in total. The van der Waals surface area contributed by atoms with E-state index < -0.39 is 7.82 Å². The summed E-state index contributed by atoms with van der Waals surface area (Å²) in [7, 11) is -4.33. The summed E-state index contributed by atoms with van der Waals surface area (Å²) in [6, 6.07) is 20.1. The first kappa shape index (κ1) is 74.5. The van der Waals surface area contributed by atoms with Crippen LogP contribution in [0.5, 0.6) is 17.2 Å². The van der Waals surface area contributed by atoms with Gasteiger partial charge in [-0.3, -0.25) is 0 Å². The molecule has 5 heteroatoms. The van der Waals surface area contributed by atoms with E-state index in [0.717, 1.165) is 110 Å². The fourth-order valence-electron chi connectivity index (χ4n) is 12.1. The first-order chi connectivity index (χ1) is 40.0. The summed E-state index contributed by atoms with van der Waals surface area (Å²) in [5, 5.41) is 0. The number of benzene rings is 3. The van der Waals surface area contributed by atoms with Gasteiger partial charge in [0, 0.05) is 0 Å². The van der Waals surface area contributed by atoms with Crippen LogP contribution in [0.3, 0.4) is 0 Å². The SMILES string of the molecule is CC(C)CCCCCCCc1ccc(OP(=O)(Oc2ccc(CCCCCCCC(C)C)cc2CCCCCCCC(C)C)Oc2ccc(CCCCCCCC(C)C)cc2CCCCCCCC(C)C)c(CCCCCCCC(C)C)c1. The lowest BCUT2D eigenvalue weighted by atomic mass is 9.98. The molecule has 0 bridgehead atoms. The third kappa shape index (κ3) is 38.2. The van der Waals surface area contributed by atoms with Crippen LogP contribution in [0.1, 0.15) is 348 Å². The maximum Gasteiger partial charge on any atom is 0.647 e. The van der Waals surface area contributed by atoms with Crippen LogP contribution in [0.25, 0.3) is 0 Å². The highest BCUT2D eigenvalue weighted by atomic mass is 31.2. The Morgan fingerprint density at radius 2 is 0.434 bits per heavy atom. The van der Waals surface area contributed by atoms with Crippen LogP contribution >= 0.6 is 7.82 Å². The van der Waals surface area contributed by atoms with Crippen LogP contribution in [0.2, 0.25) is 0 Å². The number of phosphoric acid groups is 1. The fourth-order valence-corrected chi connectivity index (χ4v) is 13.4. The first-order valence-electron chi connectivity index (χ1n) is 36.1. The second-order valence-electron chi connectivity index (χ2n) is 28.7. The van der Waals surface area contributed by atoms with E-state index in [2.05, 4.69) is 138 Å². The van der Waals surface area contributed by atoms with Gasteiger partial charge in [0.1, 0.15) is 17.2 Å². The molecule has 0 heterocycles. The van der Waals surface area contributed by atoms with Crippen LogP contribution in [-0.2, 0) is 43.1 Å². The quantitative estimate of drug-likeness (QED) is 0.0417. The molecule has 4 nitrogen and oxygen atoms in total. The molecule has 0 aliphatic heterocycles. The van der Waals surface area contributed by atoms with Crippen molar-refractivity contribution >= 4 is 7.82 Å². The van der Waals surface area contributed by atoms with E-state index in [0.29, 0.717) is 17.2 Å². The van der Waals surface area contributed by atoms with E-state index in [9.17, 15) is 0 Å². The van der Waals surface area contributed by atoms with Gasteiger partial charge in [0.05, 0.1) is 0 Å². The number of hydrogen-bond acceptors (Lipinski definition) is 4. The monoisotopic (exact) mass is 1170 g/mol. The van der Waals surface area contributed by atoms with Crippen molar-refractivity contribution in [3.8, 4) is 17.2 Å². The molecular weight excluding hydrogens is 1030 g/mol. The molecule has 0 fully saturated rings. The molecule has 0 radical (unpaired) electrons. The number of aryl methyl sites for hydroxylation is 6. The van der Waals surface area contributed by atoms with E-state index in [1.54, 1.807) is 0 Å². The van der Waals surface area contributed by atoms with E-state index in [-0.39, 0.29) is 0 Å². The maximum absolute atomic E-state index is 16.3. The molecule has 0 saturated heterocycles. The van der Waals surface area contributed by atoms with Crippen molar-refractivity contribution in [2.24, 2.45) is 35.5 Å². The standard InChI is InChI=1S/C78H135O4P/c1-64(2)43-31-19-13-25-37-49-70-55-58-76(73(61-70)52-40-28-16-22-34-46-67(7)8)80-83(79,81-77-59-56-71(50-38-26-14-20-32-44-65(3)4)62-74(77)53-41-29-17-23-35-47-68(9)10)82-78-60-57-72(51-39-27-15-21-33-45-66(5)6)63-75(78)54-42-30-18-24-36-48-69(11)12/h55-69H,13-54H2,1-12H3. The molecule has 0 spiro atoms. The molecule has 0 aliphatic carbocycles. The summed E-state index contributed by atoms with van der Waals surface area (Å²) in [6.07, 6.45) is 51.2. The lowest BCUT2D eigenvalue weighted by Crippen LogP contribution is -2.11. The summed E-state index contributed by atoms with van der Waals surface area (Å²) in [4.78, 5) is 0. The minimum Gasteiger partial charge on any atom is -0.386 e. The lowest BCUT2D eigenvalue weighted by molar-refractivity contribution is 0.295. The van der Waals surface area contributed by atoms with Crippen molar-refractivity contribution in [3.05, 3.63) is 88.0 Å². The Hall–Kier alpha value is -2.71. The van der Waals surface area contributed by atoms with Crippen LogP contribution in [-0.4, -0.2) is 0 Å². The van der Waals surface area contributed by atoms with Crippen LogP contribution in [0, 0.1) is 35.5 Å². The molecule has 3 aromatic rings. The largest absolute Gasteiger partial charge is 0.647 e. The summed E-state index contributed by atoms with van der Waals surface area (Å²) >= 11 is 0. The first-order valence-corrected chi connectivity index (χ1v) is 37.5. The minimum atomic E-state index is -4.33. The van der Waals surface area contributed by atoms with E-state index in [4.69, 9.17) is 13.6 Å². The van der Waals surface area contributed by atoms with Crippen molar-refractivity contribution in [3.63, 3.8) is 0 Å². The zero-order valence-corrected chi connectivity index (χ0v) is 57.8. The third-order valence-corrected chi connectivity index (χ3v) is 18.7. The van der Waals surface area contributed by atoms with Gasteiger partial charge in [0.25, 0.3) is 0 Å².